The number of halogens is 3. The average molecular weight is 297 g/mol. The Morgan fingerprint density at radius 2 is 1.90 bits per heavy atom. The molecular weight excluding hydrogens is 283 g/mol. The Morgan fingerprint density at radius 3 is 2.52 bits per heavy atom. The summed E-state index contributed by atoms with van der Waals surface area (Å²) in [7, 11) is 3.61. The molecule has 4 nitrogen and oxygen atoms in total. The van der Waals surface area contributed by atoms with Crippen molar-refractivity contribution < 1.29 is 17.9 Å². The van der Waals surface area contributed by atoms with Gasteiger partial charge in [0.25, 0.3) is 0 Å². The SMILES string of the molecule is CN(C)c1ccc(N)c(Oc2ncccc2C(F)(F)F)c1. The van der Waals surface area contributed by atoms with Crippen LogP contribution in [0, 0.1) is 0 Å². The molecule has 1 aromatic carbocycles. The molecule has 0 spiro atoms. The van der Waals surface area contributed by atoms with E-state index in [-0.39, 0.29) is 11.4 Å². The van der Waals surface area contributed by atoms with E-state index in [1.165, 1.54) is 12.3 Å². The first-order valence-electron chi connectivity index (χ1n) is 6.06. The van der Waals surface area contributed by atoms with Gasteiger partial charge in [-0.25, -0.2) is 4.98 Å². The number of nitrogens with two attached hydrogens (primary N) is 1. The van der Waals surface area contributed by atoms with Crippen molar-refractivity contribution in [1.82, 2.24) is 4.98 Å². The summed E-state index contributed by atoms with van der Waals surface area (Å²) in [5.74, 6) is -0.391. The van der Waals surface area contributed by atoms with E-state index in [0.29, 0.717) is 0 Å². The number of rotatable bonds is 3. The van der Waals surface area contributed by atoms with Crippen LogP contribution in [0.1, 0.15) is 5.56 Å². The first-order valence-corrected chi connectivity index (χ1v) is 6.06. The minimum atomic E-state index is -4.54. The van der Waals surface area contributed by atoms with Crippen LogP contribution >= 0.6 is 0 Å². The molecule has 0 aliphatic carbocycles. The standard InChI is InChI=1S/C14H14F3N3O/c1-20(2)9-5-6-11(18)12(8-9)21-13-10(14(15,16)17)4-3-7-19-13/h3-8H,18H2,1-2H3. The Bertz CT molecular complexity index is 642. The van der Waals surface area contributed by atoms with Crippen LogP contribution in [0.3, 0.4) is 0 Å². The van der Waals surface area contributed by atoms with Crippen LogP contribution in [0.4, 0.5) is 24.5 Å². The zero-order valence-corrected chi connectivity index (χ0v) is 11.5. The normalized spacial score (nSPS) is 11.3. The molecule has 0 saturated heterocycles. The van der Waals surface area contributed by atoms with Gasteiger partial charge >= 0.3 is 6.18 Å². The molecule has 1 heterocycles. The first-order chi connectivity index (χ1) is 9.79. The monoisotopic (exact) mass is 297 g/mol. The van der Waals surface area contributed by atoms with E-state index in [4.69, 9.17) is 10.5 Å². The fourth-order valence-corrected chi connectivity index (χ4v) is 1.68. The van der Waals surface area contributed by atoms with Crippen molar-refractivity contribution in [2.45, 2.75) is 6.18 Å². The third kappa shape index (κ3) is 3.36. The molecule has 0 unspecified atom stereocenters. The molecule has 0 amide bonds. The molecule has 2 aromatic rings. The molecular formula is C14H14F3N3O. The summed E-state index contributed by atoms with van der Waals surface area (Å²) < 4.78 is 44.0. The van der Waals surface area contributed by atoms with Crippen molar-refractivity contribution in [3.63, 3.8) is 0 Å². The van der Waals surface area contributed by atoms with E-state index in [1.807, 2.05) is 0 Å². The zero-order chi connectivity index (χ0) is 15.6. The van der Waals surface area contributed by atoms with Crippen molar-refractivity contribution in [3.05, 3.63) is 42.1 Å². The maximum absolute atomic E-state index is 12.9. The minimum Gasteiger partial charge on any atom is -0.436 e. The molecule has 112 valence electrons. The highest BCUT2D eigenvalue weighted by molar-refractivity contribution is 5.62. The second-order valence-corrected chi connectivity index (χ2v) is 4.57. The zero-order valence-electron chi connectivity index (χ0n) is 11.5. The van der Waals surface area contributed by atoms with E-state index in [9.17, 15) is 13.2 Å². The van der Waals surface area contributed by atoms with Gasteiger partial charge in [0.15, 0.2) is 5.75 Å². The number of hydrogen-bond donors (Lipinski definition) is 1. The topological polar surface area (TPSA) is 51.4 Å². The average Bonchev–Trinajstić information content (AvgIpc) is 2.40. The Balaban J connectivity index is 2.41. The molecule has 0 saturated carbocycles. The van der Waals surface area contributed by atoms with Crippen LogP contribution in [0.5, 0.6) is 11.6 Å². The summed E-state index contributed by atoms with van der Waals surface area (Å²) in [5.41, 5.74) is 5.79. The summed E-state index contributed by atoms with van der Waals surface area (Å²) in [4.78, 5) is 5.43. The number of nitrogens with zero attached hydrogens (tertiary/aromatic N) is 2. The quantitative estimate of drug-likeness (QED) is 0.880. The van der Waals surface area contributed by atoms with Crippen molar-refractivity contribution in [3.8, 4) is 11.6 Å². The van der Waals surface area contributed by atoms with Crippen LogP contribution in [0.15, 0.2) is 36.5 Å². The van der Waals surface area contributed by atoms with Crippen LogP contribution in [-0.2, 0) is 6.18 Å². The van der Waals surface area contributed by atoms with E-state index in [2.05, 4.69) is 4.98 Å². The number of hydrogen-bond acceptors (Lipinski definition) is 4. The van der Waals surface area contributed by atoms with Crippen molar-refractivity contribution >= 4 is 11.4 Å². The molecule has 21 heavy (non-hydrogen) atoms. The Kier molecular flexibility index (Phi) is 3.93. The summed E-state index contributed by atoms with van der Waals surface area (Å²) >= 11 is 0. The highest BCUT2D eigenvalue weighted by Crippen LogP contribution is 2.38. The predicted molar refractivity (Wildman–Crippen MR) is 74.5 cm³/mol. The van der Waals surface area contributed by atoms with E-state index in [0.717, 1.165) is 11.8 Å². The number of aromatic nitrogens is 1. The fraction of sp³-hybridized carbons (Fsp3) is 0.214. The molecule has 0 aliphatic heterocycles. The van der Waals surface area contributed by atoms with Gasteiger partial charge in [-0.3, -0.25) is 0 Å². The van der Waals surface area contributed by atoms with Crippen LogP contribution in [0.2, 0.25) is 0 Å². The molecule has 0 fully saturated rings. The summed E-state index contributed by atoms with van der Waals surface area (Å²) in [6, 6.07) is 6.99. The molecule has 2 N–H and O–H groups in total. The van der Waals surface area contributed by atoms with Crippen molar-refractivity contribution in [2.24, 2.45) is 0 Å². The van der Waals surface area contributed by atoms with Crippen molar-refractivity contribution in [1.29, 1.82) is 0 Å². The number of ether oxygens (including phenoxy) is 1. The third-order valence-corrected chi connectivity index (χ3v) is 2.80. The second-order valence-electron chi connectivity index (χ2n) is 4.57. The number of pyridine rings is 1. The van der Waals surface area contributed by atoms with Gasteiger partial charge < -0.3 is 15.4 Å². The van der Waals surface area contributed by atoms with Gasteiger partial charge in [0.05, 0.1) is 5.69 Å². The first kappa shape index (κ1) is 15.0. The smallest absolute Gasteiger partial charge is 0.421 e. The lowest BCUT2D eigenvalue weighted by atomic mass is 10.2. The lowest BCUT2D eigenvalue weighted by Crippen LogP contribution is -2.10. The van der Waals surface area contributed by atoms with Crippen LogP contribution in [-0.4, -0.2) is 19.1 Å². The van der Waals surface area contributed by atoms with E-state index < -0.39 is 17.6 Å². The van der Waals surface area contributed by atoms with Crippen LogP contribution in [0.25, 0.3) is 0 Å². The van der Waals surface area contributed by atoms with Gasteiger partial charge in [-0.05, 0) is 24.3 Å². The Labute approximate surface area is 120 Å². The number of alkyl halides is 3. The maximum atomic E-state index is 12.9. The van der Waals surface area contributed by atoms with Gasteiger partial charge in [0, 0.05) is 32.0 Å². The predicted octanol–water partition coefficient (Wildman–Crippen LogP) is 3.54. The molecule has 0 radical (unpaired) electrons. The van der Waals surface area contributed by atoms with Gasteiger partial charge in [-0.15, -0.1) is 0 Å². The Hall–Kier alpha value is -2.44. The largest absolute Gasteiger partial charge is 0.436 e. The molecule has 7 heteroatoms. The molecule has 0 aliphatic rings. The fourth-order valence-electron chi connectivity index (χ4n) is 1.68. The summed E-state index contributed by atoms with van der Waals surface area (Å²) in [5, 5.41) is 0. The highest BCUT2D eigenvalue weighted by atomic mass is 19.4. The maximum Gasteiger partial charge on any atom is 0.421 e. The van der Waals surface area contributed by atoms with Gasteiger partial charge in [0.1, 0.15) is 5.56 Å². The molecule has 2 rings (SSSR count). The number of benzene rings is 1. The van der Waals surface area contributed by atoms with Gasteiger partial charge in [-0.1, -0.05) is 0 Å². The molecule has 0 atom stereocenters. The van der Waals surface area contributed by atoms with Crippen LogP contribution < -0.4 is 15.4 Å². The third-order valence-electron chi connectivity index (χ3n) is 2.80. The molecule has 0 bridgehead atoms. The van der Waals surface area contributed by atoms with E-state index in [1.54, 1.807) is 37.2 Å². The lowest BCUT2D eigenvalue weighted by Gasteiger charge is -2.17. The molecule has 1 aromatic heterocycles. The highest BCUT2D eigenvalue weighted by Gasteiger charge is 2.35. The van der Waals surface area contributed by atoms with E-state index >= 15 is 0 Å². The summed E-state index contributed by atoms with van der Waals surface area (Å²) in [6.45, 7) is 0. The van der Waals surface area contributed by atoms with Gasteiger partial charge in [0.2, 0.25) is 5.88 Å². The number of anilines is 2. The summed E-state index contributed by atoms with van der Waals surface area (Å²) in [6.07, 6.45) is -3.31. The minimum absolute atomic E-state index is 0.130. The van der Waals surface area contributed by atoms with Crippen molar-refractivity contribution in [2.75, 3.05) is 24.7 Å². The lowest BCUT2D eigenvalue weighted by molar-refractivity contribution is -0.138. The number of nitrogen functional groups attached to an aromatic ring is 1. The van der Waals surface area contributed by atoms with Gasteiger partial charge in [-0.2, -0.15) is 13.2 Å². The second kappa shape index (κ2) is 5.51. The Morgan fingerprint density at radius 1 is 1.19 bits per heavy atom.